The van der Waals surface area contributed by atoms with Crippen molar-refractivity contribution in [2.45, 2.75) is 12.8 Å². The number of ether oxygens (including phenoxy) is 3. The van der Waals surface area contributed by atoms with E-state index in [1.807, 2.05) is 30.3 Å². The van der Waals surface area contributed by atoms with Crippen LogP contribution in [-0.2, 0) is 0 Å². The Morgan fingerprint density at radius 3 is 2.50 bits per heavy atom. The van der Waals surface area contributed by atoms with Crippen molar-refractivity contribution >= 4 is 16.7 Å². The van der Waals surface area contributed by atoms with Gasteiger partial charge in [-0.1, -0.05) is 6.07 Å². The van der Waals surface area contributed by atoms with Crippen LogP contribution in [0.5, 0.6) is 17.4 Å². The molecule has 0 unspecified atom stereocenters. The van der Waals surface area contributed by atoms with Gasteiger partial charge in [0, 0.05) is 36.8 Å². The first-order valence-electron chi connectivity index (χ1n) is 9.44. The summed E-state index contributed by atoms with van der Waals surface area (Å²) in [6.07, 6.45) is 5.46. The number of fused-ring (bicyclic) bond motifs is 1. The second kappa shape index (κ2) is 8.29. The zero-order valence-electron chi connectivity index (χ0n) is 16.2. The van der Waals surface area contributed by atoms with Crippen LogP contribution in [0.25, 0.3) is 10.9 Å². The van der Waals surface area contributed by atoms with E-state index in [4.69, 9.17) is 14.2 Å². The highest BCUT2D eigenvalue weighted by atomic mass is 16.5. The quantitative estimate of drug-likeness (QED) is 0.649. The van der Waals surface area contributed by atoms with Crippen LogP contribution in [-0.4, -0.2) is 48.9 Å². The van der Waals surface area contributed by atoms with Gasteiger partial charge in [0.25, 0.3) is 0 Å². The minimum absolute atomic E-state index is 0.515. The maximum absolute atomic E-state index is 5.83. The van der Waals surface area contributed by atoms with Crippen LogP contribution in [0, 0.1) is 5.92 Å². The SMILES string of the molecule is COc1cc2ncnc(N3CCC(COc4ccccn4)CC3)c2cc1OC. The van der Waals surface area contributed by atoms with Gasteiger partial charge < -0.3 is 19.1 Å². The molecule has 0 saturated carbocycles. The Kier molecular flexibility index (Phi) is 5.41. The maximum Gasteiger partial charge on any atom is 0.213 e. The van der Waals surface area contributed by atoms with Gasteiger partial charge in [-0.3, -0.25) is 0 Å². The molecule has 0 aliphatic carbocycles. The number of rotatable bonds is 6. The van der Waals surface area contributed by atoms with Gasteiger partial charge in [0.1, 0.15) is 12.1 Å². The van der Waals surface area contributed by atoms with Gasteiger partial charge >= 0.3 is 0 Å². The van der Waals surface area contributed by atoms with Crippen LogP contribution in [0.1, 0.15) is 12.8 Å². The number of methoxy groups -OCH3 is 2. The molecule has 0 spiro atoms. The van der Waals surface area contributed by atoms with Gasteiger partial charge in [-0.25, -0.2) is 15.0 Å². The Labute approximate surface area is 164 Å². The van der Waals surface area contributed by atoms with Crippen molar-refractivity contribution in [3.05, 3.63) is 42.9 Å². The molecular formula is C21H24N4O3. The van der Waals surface area contributed by atoms with E-state index >= 15 is 0 Å². The van der Waals surface area contributed by atoms with Gasteiger partial charge in [-0.2, -0.15) is 0 Å². The molecule has 0 N–H and O–H groups in total. The van der Waals surface area contributed by atoms with Crippen LogP contribution in [0.15, 0.2) is 42.9 Å². The highest BCUT2D eigenvalue weighted by Crippen LogP contribution is 2.35. The predicted octanol–water partition coefficient (Wildman–Crippen LogP) is 3.34. The van der Waals surface area contributed by atoms with Crippen molar-refractivity contribution in [1.82, 2.24) is 15.0 Å². The Balaban J connectivity index is 1.46. The van der Waals surface area contributed by atoms with E-state index < -0.39 is 0 Å². The van der Waals surface area contributed by atoms with Crippen molar-refractivity contribution in [3.63, 3.8) is 0 Å². The third kappa shape index (κ3) is 3.78. The van der Waals surface area contributed by atoms with Gasteiger partial charge in [0.15, 0.2) is 11.5 Å². The lowest BCUT2D eigenvalue weighted by atomic mass is 9.97. The van der Waals surface area contributed by atoms with Crippen LogP contribution >= 0.6 is 0 Å². The Morgan fingerprint density at radius 2 is 1.79 bits per heavy atom. The van der Waals surface area contributed by atoms with Gasteiger partial charge in [-0.15, -0.1) is 0 Å². The number of piperidine rings is 1. The first-order valence-corrected chi connectivity index (χ1v) is 9.44. The predicted molar refractivity (Wildman–Crippen MR) is 107 cm³/mol. The number of nitrogens with zero attached hydrogens (tertiary/aromatic N) is 4. The van der Waals surface area contributed by atoms with E-state index in [0.29, 0.717) is 29.9 Å². The van der Waals surface area contributed by atoms with Crippen LogP contribution in [0.2, 0.25) is 0 Å². The molecule has 1 aliphatic heterocycles. The van der Waals surface area contributed by atoms with E-state index in [1.54, 1.807) is 26.7 Å². The van der Waals surface area contributed by atoms with Crippen LogP contribution in [0.3, 0.4) is 0 Å². The standard InChI is InChI=1S/C21H24N4O3/c1-26-18-11-16-17(12-19(18)27-2)23-14-24-21(16)25-9-6-15(7-10-25)13-28-20-5-3-4-8-22-20/h3-5,8,11-12,14-15H,6-7,9-10,13H2,1-2H3. The molecule has 0 radical (unpaired) electrons. The summed E-state index contributed by atoms with van der Waals surface area (Å²) in [5, 5.41) is 0.975. The highest BCUT2D eigenvalue weighted by molar-refractivity contribution is 5.92. The molecule has 7 heteroatoms. The average molecular weight is 380 g/mol. The van der Waals surface area contributed by atoms with Crippen molar-refractivity contribution in [2.75, 3.05) is 38.8 Å². The van der Waals surface area contributed by atoms with E-state index in [-0.39, 0.29) is 0 Å². The first-order chi connectivity index (χ1) is 13.8. The van der Waals surface area contributed by atoms with E-state index in [2.05, 4.69) is 19.9 Å². The monoisotopic (exact) mass is 380 g/mol. The minimum atomic E-state index is 0.515. The summed E-state index contributed by atoms with van der Waals surface area (Å²) in [6.45, 7) is 2.55. The molecule has 0 atom stereocenters. The normalized spacial score (nSPS) is 14.9. The molecule has 1 aromatic carbocycles. The summed E-state index contributed by atoms with van der Waals surface area (Å²) in [5.41, 5.74) is 0.850. The number of aromatic nitrogens is 3. The Bertz CT molecular complexity index is 928. The van der Waals surface area contributed by atoms with Crippen molar-refractivity contribution in [1.29, 1.82) is 0 Å². The van der Waals surface area contributed by atoms with Crippen LogP contribution < -0.4 is 19.1 Å². The zero-order chi connectivity index (χ0) is 19.3. The molecule has 3 heterocycles. The molecule has 7 nitrogen and oxygen atoms in total. The second-order valence-electron chi connectivity index (χ2n) is 6.83. The van der Waals surface area contributed by atoms with Crippen LogP contribution in [0.4, 0.5) is 5.82 Å². The Hall–Kier alpha value is -3.09. The van der Waals surface area contributed by atoms with E-state index in [0.717, 1.165) is 42.7 Å². The maximum atomic E-state index is 5.83. The molecule has 1 saturated heterocycles. The topological polar surface area (TPSA) is 69.6 Å². The lowest BCUT2D eigenvalue weighted by Gasteiger charge is -2.33. The molecule has 146 valence electrons. The smallest absolute Gasteiger partial charge is 0.213 e. The molecule has 1 aliphatic rings. The van der Waals surface area contributed by atoms with E-state index in [1.165, 1.54) is 0 Å². The first kappa shape index (κ1) is 18.3. The summed E-state index contributed by atoms with van der Waals surface area (Å²) in [5.74, 6) is 3.50. The zero-order valence-corrected chi connectivity index (χ0v) is 16.2. The molecule has 4 rings (SSSR count). The summed E-state index contributed by atoms with van der Waals surface area (Å²) in [7, 11) is 3.27. The summed E-state index contributed by atoms with van der Waals surface area (Å²) in [6, 6.07) is 9.58. The van der Waals surface area contributed by atoms with Gasteiger partial charge in [0.05, 0.1) is 26.3 Å². The largest absolute Gasteiger partial charge is 0.493 e. The fourth-order valence-electron chi connectivity index (χ4n) is 3.57. The van der Waals surface area contributed by atoms with Crippen molar-refractivity contribution in [3.8, 4) is 17.4 Å². The Morgan fingerprint density at radius 1 is 1.00 bits per heavy atom. The molecule has 3 aromatic rings. The fraction of sp³-hybridized carbons (Fsp3) is 0.381. The number of pyridine rings is 1. The van der Waals surface area contributed by atoms with Crippen molar-refractivity contribution < 1.29 is 14.2 Å². The number of hydrogen-bond donors (Lipinski definition) is 0. The molecular weight excluding hydrogens is 356 g/mol. The molecule has 0 bridgehead atoms. The summed E-state index contributed by atoms with van der Waals surface area (Å²) >= 11 is 0. The average Bonchev–Trinajstić information content (AvgIpc) is 2.77. The second-order valence-corrected chi connectivity index (χ2v) is 6.83. The third-order valence-electron chi connectivity index (χ3n) is 5.14. The summed E-state index contributed by atoms with van der Waals surface area (Å²) < 4.78 is 16.7. The number of benzene rings is 1. The number of anilines is 1. The lowest BCUT2D eigenvalue weighted by molar-refractivity contribution is 0.216. The van der Waals surface area contributed by atoms with Gasteiger partial charge in [0.2, 0.25) is 5.88 Å². The molecule has 0 amide bonds. The molecule has 2 aromatic heterocycles. The molecule has 1 fully saturated rings. The summed E-state index contributed by atoms with van der Waals surface area (Å²) in [4.78, 5) is 15.5. The van der Waals surface area contributed by atoms with Gasteiger partial charge in [-0.05, 0) is 30.9 Å². The lowest BCUT2D eigenvalue weighted by Crippen LogP contribution is -2.36. The fourth-order valence-corrected chi connectivity index (χ4v) is 3.57. The minimum Gasteiger partial charge on any atom is -0.493 e. The third-order valence-corrected chi connectivity index (χ3v) is 5.14. The molecule has 28 heavy (non-hydrogen) atoms. The van der Waals surface area contributed by atoms with Crippen molar-refractivity contribution in [2.24, 2.45) is 5.92 Å². The van der Waals surface area contributed by atoms with E-state index in [9.17, 15) is 0 Å². The highest BCUT2D eigenvalue weighted by Gasteiger charge is 2.23. The number of hydrogen-bond acceptors (Lipinski definition) is 7.